The van der Waals surface area contributed by atoms with E-state index in [2.05, 4.69) is 140 Å². The largest absolute Gasteiger partial charge is 0.310 e. The third-order valence-corrected chi connectivity index (χ3v) is 9.28. The van der Waals surface area contributed by atoms with Gasteiger partial charge in [0.15, 0.2) is 5.78 Å². The number of ketones is 1. The monoisotopic (exact) mass is 553 g/mol. The number of carbonyl (C=O) groups is 1. The number of rotatable bonds is 4. The lowest BCUT2D eigenvalue weighted by atomic mass is 9.82. The lowest BCUT2D eigenvalue weighted by molar-refractivity contribution is 0.104. The molecule has 2 nitrogen and oxygen atoms in total. The lowest BCUT2D eigenvalue weighted by Crippen LogP contribution is -2.17. The molecule has 6 aromatic rings. The number of carbonyl (C=O) groups excluding carboxylic acids is 1. The zero-order chi connectivity index (χ0) is 29.3. The molecule has 2 aliphatic carbocycles. The van der Waals surface area contributed by atoms with Gasteiger partial charge in [-0.25, -0.2) is 0 Å². The van der Waals surface area contributed by atoms with Crippen LogP contribution in [0.1, 0.15) is 46.5 Å². The molecule has 0 heterocycles. The van der Waals surface area contributed by atoms with Crippen LogP contribution in [0.4, 0.5) is 17.1 Å². The number of benzene rings is 6. The summed E-state index contributed by atoms with van der Waals surface area (Å²) in [4.78, 5) is 16.3. The zero-order valence-corrected chi connectivity index (χ0v) is 24.6. The van der Waals surface area contributed by atoms with E-state index in [1.165, 1.54) is 27.8 Å². The summed E-state index contributed by atoms with van der Waals surface area (Å²) in [6.07, 6.45) is 0. The Morgan fingerprint density at radius 1 is 0.512 bits per heavy atom. The Morgan fingerprint density at radius 2 is 1.16 bits per heavy atom. The third kappa shape index (κ3) is 3.83. The Morgan fingerprint density at radius 3 is 1.98 bits per heavy atom. The highest BCUT2D eigenvalue weighted by Crippen LogP contribution is 2.52. The van der Waals surface area contributed by atoms with Crippen LogP contribution in [-0.4, -0.2) is 5.78 Å². The van der Waals surface area contributed by atoms with Crippen molar-refractivity contribution in [2.24, 2.45) is 0 Å². The van der Waals surface area contributed by atoms with E-state index in [-0.39, 0.29) is 11.2 Å². The molecular weight excluding hydrogens is 522 g/mol. The molecule has 2 heteroatoms. The van der Waals surface area contributed by atoms with Crippen LogP contribution in [0.2, 0.25) is 0 Å². The highest BCUT2D eigenvalue weighted by molar-refractivity contribution is 6.25. The molecule has 0 saturated carbocycles. The number of anilines is 3. The van der Waals surface area contributed by atoms with Crippen LogP contribution in [-0.2, 0) is 5.41 Å². The van der Waals surface area contributed by atoms with Crippen LogP contribution in [0.15, 0.2) is 133 Å². The summed E-state index contributed by atoms with van der Waals surface area (Å²) in [5.41, 5.74) is 15.0. The Kier molecular flexibility index (Phi) is 5.58. The molecule has 206 valence electrons. The van der Waals surface area contributed by atoms with Gasteiger partial charge in [-0.3, -0.25) is 4.79 Å². The van der Waals surface area contributed by atoms with Gasteiger partial charge < -0.3 is 4.90 Å². The molecule has 0 bridgehead atoms. The number of fused-ring (bicyclic) bond motifs is 6. The molecule has 0 atom stereocenters. The van der Waals surface area contributed by atoms with Crippen molar-refractivity contribution in [2.75, 3.05) is 4.90 Å². The van der Waals surface area contributed by atoms with Crippen LogP contribution in [0.3, 0.4) is 0 Å². The molecular formula is C41H31NO. The molecule has 43 heavy (non-hydrogen) atoms. The number of hydrogen-bond donors (Lipinski definition) is 0. The fourth-order valence-corrected chi connectivity index (χ4v) is 7.10. The third-order valence-electron chi connectivity index (χ3n) is 9.28. The standard InChI is InChI=1S/C41H31NO/c1-26-16-22-31-34-13-9-15-38(39(34)40(43)35(31)24-26)42(29-19-17-28(18-20-29)27-10-5-4-6-11-27)30-21-23-33-32-12-7-8-14-36(32)41(2,3)37(33)25-30/h4-25H,1-3H3. The Hall–Kier alpha value is -5.21. The highest BCUT2D eigenvalue weighted by atomic mass is 16.1. The summed E-state index contributed by atoms with van der Waals surface area (Å²) in [5, 5.41) is 0. The second-order valence-corrected chi connectivity index (χ2v) is 12.2. The van der Waals surface area contributed by atoms with Gasteiger partial charge in [-0.2, -0.15) is 0 Å². The predicted octanol–water partition coefficient (Wildman–Crippen LogP) is 10.6. The van der Waals surface area contributed by atoms with Crippen molar-refractivity contribution in [3.05, 3.63) is 161 Å². The second-order valence-electron chi connectivity index (χ2n) is 12.2. The Labute approximate surface area is 252 Å². The molecule has 0 aromatic heterocycles. The quantitative estimate of drug-likeness (QED) is 0.216. The first-order valence-corrected chi connectivity index (χ1v) is 14.9. The van der Waals surface area contributed by atoms with Gasteiger partial charge in [0.1, 0.15) is 0 Å². The maximum absolute atomic E-state index is 14.1. The minimum Gasteiger partial charge on any atom is -0.310 e. The minimum atomic E-state index is -0.132. The van der Waals surface area contributed by atoms with Crippen LogP contribution >= 0.6 is 0 Å². The maximum atomic E-state index is 14.1. The van der Waals surface area contributed by atoms with Crippen LogP contribution in [0.25, 0.3) is 33.4 Å². The molecule has 0 N–H and O–H groups in total. The molecule has 2 aliphatic rings. The Bertz CT molecular complexity index is 2070. The molecule has 0 amide bonds. The van der Waals surface area contributed by atoms with E-state index in [1.807, 2.05) is 19.1 Å². The van der Waals surface area contributed by atoms with E-state index in [1.54, 1.807) is 0 Å². The van der Waals surface area contributed by atoms with Crippen LogP contribution in [0, 0.1) is 6.92 Å². The lowest BCUT2D eigenvalue weighted by Gasteiger charge is -2.29. The smallest absolute Gasteiger partial charge is 0.196 e. The van der Waals surface area contributed by atoms with E-state index in [4.69, 9.17) is 0 Å². The molecule has 0 spiro atoms. The molecule has 6 aromatic carbocycles. The maximum Gasteiger partial charge on any atom is 0.196 e. The molecule has 0 saturated heterocycles. The average molecular weight is 554 g/mol. The molecule has 0 fully saturated rings. The van der Waals surface area contributed by atoms with E-state index in [0.29, 0.717) is 0 Å². The molecule has 8 rings (SSSR count). The van der Waals surface area contributed by atoms with Gasteiger partial charge >= 0.3 is 0 Å². The first kappa shape index (κ1) is 25.5. The van der Waals surface area contributed by atoms with Crippen molar-refractivity contribution in [1.29, 1.82) is 0 Å². The molecule has 0 unspecified atom stereocenters. The first-order chi connectivity index (χ1) is 20.9. The summed E-state index contributed by atoms with van der Waals surface area (Å²) in [6.45, 7) is 6.66. The van der Waals surface area contributed by atoms with E-state index < -0.39 is 0 Å². The van der Waals surface area contributed by atoms with Crippen molar-refractivity contribution in [3.63, 3.8) is 0 Å². The van der Waals surface area contributed by atoms with Crippen LogP contribution in [0.5, 0.6) is 0 Å². The minimum absolute atomic E-state index is 0.0871. The summed E-state index contributed by atoms with van der Waals surface area (Å²) in [5.74, 6) is 0.0871. The van der Waals surface area contributed by atoms with Gasteiger partial charge in [-0.1, -0.05) is 116 Å². The summed E-state index contributed by atoms with van der Waals surface area (Å²) < 4.78 is 0. The van der Waals surface area contributed by atoms with E-state index >= 15 is 0 Å². The van der Waals surface area contributed by atoms with Gasteiger partial charge in [-0.15, -0.1) is 0 Å². The fraction of sp³-hybridized carbons (Fsp3) is 0.0976. The molecule has 0 aliphatic heterocycles. The topological polar surface area (TPSA) is 20.3 Å². The number of nitrogens with zero attached hydrogens (tertiary/aromatic N) is 1. The summed E-state index contributed by atoms with van der Waals surface area (Å²) in [6, 6.07) is 47.1. The van der Waals surface area contributed by atoms with Gasteiger partial charge in [0.2, 0.25) is 0 Å². The van der Waals surface area contributed by atoms with E-state index in [0.717, 1.165) is 50.4 Å². The van der Waals surface area contributed by atoms with Gasteiger partial charge in [0.25, 0.3) is 0 Å². The average Bonchev–Trinajstić information content (AvgIpc) is 3.45. The van der Waals surface area contributed by atoms with Crippen molar-refractivity contribution >= 4 is 22.8 Å². The predicted molar refractivity (Wildman–Crippen MR) is 178 cm³/mol. The molecule has 0 radical (unpaired) electrons. The van der Waals surface area contributed by atoms with Crippen LogP contribution < -0.4 is 4.90 Å². The highest BCUT2D eigenvalue weighted by Gasteiger charge is 2.37. The SMILES string of the molecule is Cc1ccc2c(c1)C(=O)c1c-2cccc1N(c1ccc(-c2ccccc2)cc1)c1ccc2c(c1)C(C)(C)c1ccccc1-2. The normalized spacial score (nSPS) is 13.7. The van der Waals surface area contributed by atoms with Gasteiger partial charge in [0, 0.05) is 22.4 Å². The summed E-state index contributed by atoms with van der Waals surface area (Å²) in [7, 11) is 0. The fourth-order valence-electron chi connectivity index (χ4n) is 7.10. The second kappa shape index (κ2) is 9.40. The van der Waals surface area contributed by atoms with E-state index in [9.17, 15) is 4.79 Å². The number of aryl methyl sites for hydroxylation is 1. The van der Waals surface area contributed by atoms with Crippen molar-refractivity contribution < 1.29 is 4.79 Å². The van der Waals surface area contributed by atoms with Crippen molar-refractivity contribution in [1.82, 2.24) is 0 Å². The van der Waals surface area contributed by atoms with Gasteiger partial charge in [0.05, 0.1) is 11.3 Å². The van der Waals surface area contributed by atoms with Gasteiger partial charge in [-0.05, 0) is 87.8 Å². The zero-order valence-electron chi connectivity index (χ0n) is 24.6. The summed E-state index contributed by atoms with van der Waals surface area (Å²) >= 11 is 0. The van der Waals surface area contributed by atoms with Crippen molar-refractivity contribution in [3.8, 4) is 33.4 Å². The number of hydrogen-bond acceptors (Lipinski definition) is 2. The first-order valence-electron chi connectivity index (χ1n) is 14.9. The van der Waals surface area contributed by atoms with Crippen molar-refractivity contribution in [2.45, 2.75) is 26.2 Å². The Balaban J connectivity index is 1.33.